The van der Waals surface area contributed by atoms with E-state index in [1.807, 2.05) is 0 Å². The number of nitrogens with two attached hydrogens (primary N) is 1. The number of piperidine rings is 1. The van der Waals surface area contributed by atoms with Gasteiger partial charge in [0.1, 0.15) is 0 Å². The molecule has 1 unspecified atom stereocenters. The number of hydrogen-bond acceptors (Lipinski definition) is 5. The van der Waals surface area contributed by atoms with E-state index in [9.17, 15) is 13.2 Å². The Morgan fingerprint density at radius 3 is 2.95 bits per heavy atom. The maximum atomic E-state index is 11.9. The predicted molar refractivity (Wildman–Crippen MR) is 72.2 cm³/mol. The summed E-state index contributed by atoms with van der Waals surface area (Å²) in [7, 11) is -2.07. The number of hydrogen-bond donors (Lipinski definition) is 2. The zero-order valence-corrected chi connectivity index (χ0v) is 12.1. The van der Waals surface area contributed by atoms with Gasteiger partial charge < -0.3 is 15.2 Å². The molecule has 0 saturated carbocycles. The van der Waals surface area contributed by atoms with Crippen molar-refractivity contribution in [2.24, 2.45) is 12.8 Å². The van der Waals surface area contributed by atoms with Crippen LogP contribution in [0.25, 0.3) is 0 Å². The zero-order valence-electron chi connectivity index (χ0n) is 11.3. The Labute approximate surface area is 118 Å². The van der Waals surface area contributed by atoms with Crippen LogP contribution >= 0.6 is 0 Å². The highest BCUT2D eigenvalue weighted by Gasteiger charge is 2.23. The minimum atomic E-state index is -3.75. The molecule has 1 amide bonds. The van der Waals surface area contributed by atoms with Crippen molar-refractivity contribution in [3.05, 3.63) is 12.5 Å². The number of nitrogens with zero attached hydrogens (tertiary/aromatic N) is 3. The monoisotopic (exact) mass is 301 g/mol. The van der Waals surface area contributed by atoms with E-state index in [0.717, 1.165) is 12.8 Å². The average Bonchev–Trinajstić information content (AvgIpc) is 2.83. The lowest BCUT2D eigenvalue weighted by Crippen LogP contribution is -2.48. The van der Waals surface area contributed by atoms with Gasteiger partial charge in [0.25, 0.3) is 10.0 Å². The Hall–Kier alpha value is -1.45. The second-order valence-corrected chi connectivity index (χ2v) is 6.66. The molecule has 0 aromatic carbocycles. The van der Waals surface area contributed by atoms with E-state index in [0.29, 0.717) is 13.1 Å². The fourth-order valence-corrected chi connectivity index (χ4v) is 3.06. The number of aromatic nitrogens is 2. The van der Waals surface area contributed by atoms with Crippen molar-refractivity contribution in [1.29, 1.82) is 0 Å². The third-order valence-electron chi connectivity index (χ3n) is 3.18. The Morgan fingerprint density at radius 1 is 1.60 bits per heavy atom. The Kier molecular flexibility index (Phi) is 4.41. The van der Waals surface area contributed by atoms with Crippen LogP contribution in [0.1, 0.15) is 12.8 Å². The van der Waals surface area contributed by atoms with Crippen LogP contribution < -0.4 is 10.5 Å². The van der Waals surface area contributed by atoms with Gasteiger partial charge in [-0.05, 0) is 12.8 Å². The van der Waals surface area contributed by atoms with Crippen LogP contribution in [0, 0.1) is 0 Å². The van der Waals surface area contributed by atoms with Crippen LogP contribution in [0.3, 0.4) is 0 Å². The molecule has 2 heterocycles. The van der Waals surface area contributed by atoms with Crippen molar-refractivity contribution in [1.82, 2.24) is 19.2 Å². The number of imidazole rings is 1. The number of likely N-dealkylation sites (tertiary alicyclic amines) is 1. The van der Waals surface area contributed by atoms with Crippen LogP contribution in [0.5, 0.6) is 0 Å². The predicted octanol–water partition coefficient (Wildman–Crippen LogP) is -1.35. The summed E-state index contributed by atoms with van der Waals surface area (Å²) in [5.74, 6) is -0.264. The van der Waals surface area contributed by atoms with Crippen molar-refractivity contribution in [2.75, 3.05) is 19.6 Å². The van der Waals surface area contributed by atoms with Gasteiger partial charge in [-0.15, -0.1) is 0 Å². The van der Waals surface area contributed by atoms with Crippen molar-refractivity contribution in [2.45, 2.75) is 23.9 Å². The number of amides is 1. The van der Waals surface area contributed by atoms with E-state index >= 15 is 0 Å². The largest absolute Gasteiger partial charge is 0.340 e. The summed E-state index contributed by atoms with van der Waals surface area (Å²) >= 11 is 0. The summed E-state index contributed by atoms with van der Waals surface area (Å²) in [5.41, 5.74) is 5.79. The number of carbonyl (C=O) groups excluding carboxylic acids is 1. The van der Waals surface area contributed by atoms with Crippen molar-refractivity contribution in [3.8, 4) is 0 Å². The minimum Gasteiger partial charge on any atom is -0.340 e. The highest BCUT2D eigenvalue weighted by Crippen LogP contribution is 2.08. The summed E-state index contributed by atoms with van der Waals surface area (Å²) in [6, 6.07) is -0.0277. The molecule has 1 aliphatic rings. The number of carbonyl (C=O) groups is 1. The molecular weight excluding hydrogens is 282 g/mol. The topological polar surface area (TPSA) is 110 Å². The van der Waals surface area contributed by atoms with E-state index < -0.39 is 10.0 Å². The van der Waals surface area contributed by atoms with Gasteiger partial charge in [0.2, 0.25) is 5.91 Å². The van der Waals surface area contributed by atoms with E-state index in [1.54, 1.807) is 11.9 Å². The summed E-state index contributed by atoms with van der Waals surface area (Å²) in [5, 5.41) is -0.0943. The van der Waals surface area contributed by atoms with Gasteiger partial charge in [-0.25, -0.2) is 18.1 Å². The summed E-state index contributed by atoms with van der Waals surface area (Å²) < 4.78 is 27.6. The molecule has 8 nitrogen and oxygen atoms in total. The third kappa shape index (κ3) is 3.56. The Morgan fingerprint density at radius 2 is 2.35 bits per heavy atom. The van der Waals surface area contributed by atoms with E-state index in [4.69, 9.17) is 5.73 Å². The summed E-state index contributed by atoms with van der Waals surface area (Å²) in [6.45, 7) is 0.827. The molecule has 1 fully saturated rings. The van der Waals surface area contributed by atoms with Crippen molar-refractivity contribution in [3.63, 3.8) is 0 Å². The molecule has 1 aromatic heterocycles. The Bertz CT molecular complexity index is 583. The van der Waals surface area contributed by atoms with Gasteiger partial charge in [-0.2, -0.15) is 0 Å². The SMILES string of the molecule is Cn1cnc(S(=O)(=O)NCC(=O)N2CCCC(N)C2)c1. The molecule has 1 saturated heterocycles. The lowest BCUT2D eigenvalue weighted by molar-refractivity contribution is -0.131. The lowest BCUT2D eigenvalue weighted by Gasteiger charge is -2.30. The first-order chi connectivity index (χ1) is 9.38. The van der Waals surface area contributed by atoms with Gasteiger partial charge in [0, 0.05) is 32.4 Å². The molecule has 9 heteroatoms. The number of nitrogens with one attached hydrogen (secondary N) is 1. The summed E-state index contributed by atoms with van der Waals surface area (Å²) in [4.78, 5) is 17.3. The van der Waals surface area contributed by atoms with Crippen LogP contribution in [-0.4, -0.2) is 54.5 Å². The maximum absolute atomic E-state index is 11.9. The number of rotatable bonds is 4. The van der Waals surface area contributed by atoms with Crippen molar-refractivity contribution >= 4 is 15.9 Å². The molecule has 20 heavy (non-hydrogen) atoms. The van der Waals surface area contributed by atoms with Crippen LogP contribution in [0.15, 0.2) is 17.6 Å². The highest BCUT2D eigenvalue weighted by molar-refractivity contribution is 7.89. The molecular formula is C11H19N5O3S. The normalized spacial score (nSPS) is 20.1. The molecule has 0 radical (unpaired) electrons. The zero-order chi connectivity index (χ0) is 14.8. The second-order valence-electron chi connectivity index (χ2n) is 4.94. The fourth-order valence-electron chi connectivity index (χ4n) is 2.11. The average molecular weight is 301 g/mol. The molecule has 3 N–H and O–H groups in total. The Balaban J connectivity index is 1.92. The van der Waals surface area contributed by atoms with Gasteiger partial charge in [-0.1, -0.05) is 0 Å². The summed E-state index contributed by atoms with van der Waals surface area (Å²) in [6.07, 6.45) is 4.51. The fraction of sp³-hybridized carbons (Fsp3) is 0.636. The molecule has 1 aliphatic heterocycles. The van der Waals surface area contributed by atoms with E-state index in [1.165, 1.54) is 17.1 Å². The van der Waals surface area contributed by atoms with Crippen molar-refractivity contribution < 1.29 is 13.2 Å². The molecule has 0 spiro atoms. The quantitative estimate of drug-likeness (QED) is 0.714. The third-order valence-corrected chi connectivity index (χ3v) is 4.47. The first-order valence-corrected chi connectivity index (χ1v) is 7.88. The minimum absolute atomic E-state index is 0.0277. The molecule has 2 rings (SSSR count). The smallest absolute Gasteiger partial charge is 0.260 e. The van der Waals surface area contributed by atoms with Gasteiger partial charge >= 0.3 is 0 Å². The molecule has 0 aliphatic carbocycles. The first kappa shape index (κ1) is 14.9. The molecule has 1 aromatic rings. The molecule has 0 bridgehead atoms. The number of sulfonamides is 1. The van der Waals surface area contributed by atoms with E-state index in [2.05, 4.69) is 9.71 Å². The van der Waals surface area contributed by atoms with Gasteiger partial charge in [0.15, 0.2) is 5.03 Å². The first-order valence-electron chi connectivity index (χ1n) is 6.39. The lowest BCUT2D eigenvalue weighted by atomic mass is 10.1. The van der Waals surface area contributed by atoms with Gasteiger partial charge in [-0.3, -0.25) is 4.79 Å². The molecule has 1 atom stereocenters. The second kappa shape index (κ2) is 5.90. The molecule has 112 valence electrons. The van der Waals surface area contributed by atoms with E-state index in [-0.39, 0.29) is 23.5 Å². The van der Waals surface area contributed by atoms with Gasteiger partial charge in [0.05, 0.1) is 12.9 Å². The van der Waals surface area contributed by atoms with Crippen LogP contribution in [0.2, 0.25) is 0 Å². The van der Waals surface area contributed by atoms with Crippen LogP contribution in [-0.2, 0) is 21.9 Å². The highest BCUT2D eigenvalue weighted by atomic mass is 32.2. The standard InChI is InChI=1S/C11H19N5O3S/c1-15-7-10(13-8-15)20(18,19)14-5-11(17)16-4-2-3-9(12)6-16/h7-9,14H,2-6,12H2,1H3. The van der Waals surface area contributed by atoms with Crippen LogP contribution in [0.4, 0.5) is 0 Å². The number of aryl methyl sites for hydroxylation is 1. The maximum Gasteiger partial charge on any atom is 0.260 e.